The van der Waals surface area contributed by atoms with E-state index in [-0.39, 0.29) is 5.41 Å². The van der Waals surface area contributed by atoms with Crippen LogP contribution in [0, 0.1) is 0 Å². The Bertz CT molecular complexity index is 334. The van der Waals surface area contributed by atoms with Gasteiger partial charge in [-0.3, -0.25) is 4.79 Å². The molecule has 15 heavy (non-hydrogen) atoms. The highest BCUT2D eigenvalue weighted by Gasteiger charge is 2.40. The van der Waals surface area contributed by atoms with Crippen LogP contribution in [-0.2, 0) is 10.2 Å². The van der Waals surface area contributed by atoms with Gasteiger partial charge in [0.2, 0.25) is 0 Å². The molecule has 2 rings (SSSR count). The van der Waals surface area contributed by atoms with E-state index in [2.05, 4.69) is 12.1 Å². The number of Topliss-reactive ketones (excluding diaryl/α,β-unsaturated/α-hetero) is 1. The molecule has 0 N–H and O–H groups in total. The molecule has 0 aromatic heterocycles. The molecule has 0 unspecified atom stereocenters. The van der Waals surface area contributed by atoms with Crippen LogP contribution in [0.4, 0.5) is 0 Å². The zero-order chi connectivity index (χ0) is 10.7. The van der Waals surface area contributed by atoms with Crippen LogP contribution in [0.3, 0.4) is 0 Å². The number of ketones is 1. The Balaban J connectivity index is 2.39. The molecule has 1 aromatic carbocycles. The van der Waals surface area contributed by atoms with Crippen LogP contribution in [0.15, 0.2) is 30.3 Å². The van der Waals surface area contributed by atoms with E-state index in [0.717, 1.165) is 12.8 Å². The molecule has 0 atom stereocenters. The van der Waals surface area contributed by atoms with Gasteiger partial charge in [0.05, 0.1) is 5.41 Å². The van der Waals surface area contributed by atoms with Gasteiger partial charge in [0.1, 0.15) is 5.78 Å². The highest BCUT2D eigenvalue weighted by atomic mass is 16.1. The zero-order valence-corrected chi connectivity index (χ0v) is 9.33. The first-order valence-electron chi connectivity index (χ1n) is 5.88. The SMILES string of the molecule is CCC(=O)C1(c2ccccc2)CCCC1. The minimum Gasteiger partial charge on any atom is -0.299 e. The number of carbonyl (C=O) groups excluding carboxylic acids is 1. The Morgan fingerprint density at radius 1 is 1.20 bits per heavy atom. The lowest BCUT2D eigenvalue weighted by atomic mass is 9.74. The van der Waals surface area contributed by atoms with Crippen LogP contribution in [-0.4, -0.2) is 5.78 Å². The second-order valence-corrected chi connectivity index (χ2v) is 4.43. The van der Waals surface area contributed by atoms with Gasteiger partial charge in [-0.2, -0.15) is 0 Å². The summed E-state index contributed by atoms with van der Waals surface area (Å²) in [6, 6.07) is 10.3. The van der Waals surface area contributed by atoms with Gasteiger partial charge in [-0.15, -0.1) is 0 Å². The molecule has 0 heterocycles. The third-order valence-corrected chi connectivity index (χ3v) is 3.64. The zero-order valence-electron chi connectivity index (χ0n) is 9.33. The van der Waals surface area contributed by atoms with Crippen molar-refractivity contribution in [3.63, 3.8) is 0 Å². The van der Waals surface area contributed by atoms with E-state index < -0.39 is 0 Å². The van der Waals surface area contributed by atoms with E-state index in [1.807, 2.05) is 25.1 Å². The van der Waals surface area contributed by atoms with Crippen LogP contribution in [0.1, 0.15) is 44.6 Å². The third-order valence-electron chi connectivity index (χ3n) is 3.64. The van der Waals surface area contributed by atoms with Gasteiger partial charge in [-0.05, 0) is 18.4 Å². The Morgan fingerprint density at radius 3 is 2.33 bits per heavy atom. The van der Waals surface area contributed by atoms with Gasteiger partial charge >= 0.3 is 0 Å². The summed E-state index contributed by atoms with van der Waals surface area (Å²) in [5.41, 5.74) is 1.09. The van der Waals surface area contributed by atoms with Crippen LogP contribution >= 0.6 is 0 Å². The molecule has 0 spiro atoms. The summed E-state index contributed by atoms with van der Waals surface area (Å²) in [4.78, 5) is 12.1. The average Bonchev–Trinajstić information content (AvgIpc) is 2.79. The summed E-state index contributed by atoms with van der Waals surface area (Å²) in [5, 5.41) is 0. The molecule has 1 fully saturated rings. The monoisotopic (exact) mass is 202 g/mol. The normalized spacial score (nSPS) is 19.0. The van der Waals surface area contributed by atoms with Crippen molar-refractivity contribution in [1.82, 2.24) is 0 Å². The lowest BCUT2D eigenvalue weighted by Crippen LogP contribution is -2.32. The van der Waals surface area contributed by atoms with Crippen molar-refractivity contribution in [1.29, 1.82) is 0 Å². The van der Waals surface area contributed by atoms with Gasteiger partial charge in [0, 0.05) is 6.42 Å². The molecule has 0 amide bonds. The van der Waals surface area contributed by atoms with Crippen LogP contribution in [0.2, 0.25) is 0 Å². The highest BCUT2D eigenvalue weighted by molar-refractivity contribution is 5.90. The van der Waals surface area contributed by atoms with Gasteiger partial charge in [-0.1, -0.05) is 50.1 Å². The molecule has 1 aromatic rings. The third kappa shape index (κ3) is 1.71. The minimum absolute atomic E-state index is 0.143. The van der Waals surface area contributed by atoms with E-state index in [4.69, 9.17) is 0 Å². The van der Waals surface area contributed by atoms with E-state index in [0.29, 0.717) is 12.2 Å². The second-order valence-electron chi connectivity index (χ2n) is 4.43. The number of hydrogen-bond acceptors (Lipinski definition) is 1. The fourth-order valence-corrected chi connectivity index (χ4v) is 2.80. The van der Waals surface area contributed by atoms with Crippen molar-refractivity contribution >= 4 is 5.78 Å². The first-order chi connectivity index (χ1) is 7.29. The molecule has 1 nitrogen and oxygen atoms in total. The van der Waals surface area contributed by atoms with Crippen molar-refractivity contribution < 1.29 is 4.79 Å². The second kappa shape index (κ2) is 4.18. The largest absolute Gasteiger partial charge is 0.299 e. The smallest absolute Gasteiger partial charge is 0.143 e. The maximum atomic E-state index is 12.1. The lowest BCUT2D eigenvalue weighted by molar-refractivity contribution is -0.124. The maximum Gasteiger partial charge on any atom is 0.143 e. The highest BCUT2D eigenvalue weighted by Crippen LogP contribution is 2.42. The van der Waals surface area contributed by atoms with Crippen molar-refractivity contribution in [3.8, 4) is 0 Å². The Morgan fingerprint density at radius 2 is 1.80 bits per heavy atom. The van der Waals surface area contributed by atoms with Crippen LogP contribution in [0.25, 0.3) is 0 Å². The predicted molar refractivity (Wildman–Crippen MR) is 61.9 cm³/mol. The molecule has 1 aliphatic rings. The maximum absolute atomic E-state index is 12.1. The van der Waals surface area contributed by atoms with E-state index in [1.54, 1.807) is 0 Å². The molecule has 1 saturated carbocycles. The summed E-state index contributed by atoms with van der Waals surface area (Å²) in [5.74, 6) is 0.422. The molecule has 0 saturated heterocycles. The fourth-order valence-electron chi connectivity index (χ4n) is 2.80. The van der Waals surface area contributed by atoms with Crippen LogP contribution < -0.4 is 0 Å². The summed E-state index contributed by atoms with van der Waals surface area (Å²) >= 11 is 0. The number of carbonyl (C=O) groups is 1. The van der Waals surface area contributed by atoms with Crippen molar-refractivity contribution in [3.05, 3.63) is 35.9 Å². The first kappa shape index (κ1) is 10.4. The quantitative estimate of drug-likeness (QED) is 0.733. The summed E-state index contributed by atoms with van der Waals surface area (Å²) in [6.45, 7) is 1.98. The Kier molecular flexibility index (Phi) is 2.90. The fraction of sp³-hybridized carbons (Fsp3) is 0.500. The molecule has 1 heteroatoms. The van der Waals surface area contributed by atoms with Gasteiger partial charge in [-0.25, -0.2) is 0 Å². The minimum atomic E-state index is -0.143. The van der Waals surface area contributed by atoms with Crippen molar-refractivity contribution in [2.24, 2.45) is 0 Å². The topological polar surface area (TPSA) is 17.1 Å². The molecular weight excluding hydrogens is 184 g/mol. The summed E-state index contributed by atoms with van der Waals surface area (Å²) < 4.78 is 0. The molecule has 0 radical (unpaired) electrons. The molecule has 0 aliphatic heterocycles. The lowest BCUT2D eigenvalue weighted by Gasteiger charge is -2.27. The summed E-state index contributed by atoms with van der Waals surface area (Å²) in [7, 11) is 0. The molecule has 80 valence electrons. The van der Waals surface area contributed by atoms with Crippen molar-refractivity contribution in [2.75, 3.05) is 0 Å². The Labute approximate surface area is 91.5 Å². The van der Waals surface area contributed by atoms with Crippen molar-refractivity contribution in [2.45, 2.75) is 44.4 Å². The summed E-state index contributed by atoms with van der Waals surface area (Å²) in [6.07, 6.45) is 5.14. The van der Waals surface area contributed by atoms with E-state index in [9.17, 15) is 4.79 Å². The standard InChI is InChI=1S/C14H18O/c1-2-13(15)14(10-6-7-11-14)12-8-4-3-5-9-12/h3-5,8-9H,2,6-7,10-11H2,1H3. The van der Waals surface area contributed by atoms with E-state index in [1.165, 1.54) is 18.4 Å². The number of benzene rings is 1. The number of rotatable bonds is 3. The van der Waals surface area contributed by atoms with Gasteiger partial charge in [0.15, 0.2) is 0 Å². The average molecular weight is 202 g/mol. The van der Waals surface area contributed by atoms with Gasteiger partial charge < -0.3 is 0 Å². The number of hydrogen-bond donors (Lipinski definition) is 0. The van der Waals surface area contributed by atoms with Crippen LogP contribution in [0.5, 0.6) is 0 Å². The Hall–Kier alpha value is -1.11. The molecule has 1 aliphatic carbocycles. The predicted octanol–water partition coefficient (Wildman–Crippen LogP) is 3.48. The molecule has 0 bridgehead atoms. The van der Waals surface area contributed by atoms with E-state index >= 15 is 0 Å². The molecular formula is C14H18O. The first-order valence-corrected chi connectivity index (χ1v) is 5.88. The van der Waals surface area contributed by atoms with Gasteiger partial charge in [0.25, 0.3) is 0 Å².